The Bertz CT molecular complexity index is 683. The zero-order valence-corrected chi connectivity index (χ0v) is 13.1. The summed E-state index contributed by atoms with van der Waals surface area (Å²) in [6, 6.07) is 12.0. The SMILES string of the molecule is CCS(=O)(=O)CCNc1ccc(Br)c2ccccc12. The van der Waals surface area contributed by atoms with Crippen LogP contribution in [-0.2, 0) is 9.84 Å². The largest absolute Gasteiger partial charge is 0.384 e. The zero-order chi connectivity index (χ0) is 13.9. The van der Waals surface area contributed by atoms with Gasteiger partial charge in [-0.05, 0) is 17.5 Å². The molecule has 0 atom stereocenters. The lowest BCUT2D eigenvalue weighted by Crippen LogP contribution is -2.17. The molecule has 0 aliphatic heterocycles. The maximum Gasteiger partial charge on any atom is 0.151 e. The van der Waals surface area contributed by atoms with E-state index < -0.39 is 9.84 Å². The smallest absolute Gasteiger partial charge is 0.151 e. The Balaban J connectivity index is 2.20. The Morgan fingerprint density at radius 2 is 1.79 bits per heavy atom. The molecule has 0 saturated heterocycles. The molecule has 2 aromatic rings. The second kappa shape index (κ2) is 5.92. The average Bonchev–Trinajstić information content (AvgIpc) is 2.42. The Kier molecular flexibility index (Phi) is 4.47. The highest BCUT2D eigenvalue weighted by Gasteiger charge is 2.08. The van der Waals surface area contributed by atoms with E-state index >= 15 is 0 Å². The van der Waals surface area contributed by atoms with Crippen molar-refractivity contribution in [2.45, 2.75) is 6.92 Å². The molecule has 19 heavy (non-hydrogen) atoms. The van der Waals surface area contributed by atoms with Crippen molar-refractivity contribution in [2.75, 3.05) is 23.4 Å². The van der Waals surface area contributed by atoms with Crippen molar-refractivity contribution in [3.63, 3.8) is 0 Å². The van der Waals surface area contributed by atoms with E-state index in [0.717, 1.165) is 20.9 Å². The second-order valence-electron chi connectivity index (χ2n) is 4.30. The number of benzene rings is 2. The third-order valence-electron chi connectivity index (χ3n) is 3.04. The van der Waals surface area contributed by atoms with E-state index in [1.807, 2.05) is 36.4 Å². The van der Waals surface area contributed by atoms with Crippen molar-refractivity contribution in [1.29, 1.82) is 0 Å². The van der Waals surface area contributed by atoms with Gasteiger partial charge < -0.3 is 5.32 Å². The van der Waals surface area contributed by atoms with Crippen LogP contribution in [0.2, 0.25) is 0 Å². The maximum absolute atomic E-state index is 11.5. The summed E-state index contributed by atoms with van der Waals surface area (Å²) in [4.78, 5) is 0. The van der Waals surface area contributed by atoms with Gasteiger partial charge in [0.15, 0.2) is 9.84 Å². The number of fused-ring (bicyclic) bond motifs is 1. The van der Waals surface area contributed by atoms with E-state index in [1.165, 1.54) is 0 Å². The molecule has 0 aromatic heterocycles. The Morgan fingerprint density at radius 1 is 1.11 bits per heavy atom. The van der Waals surface area contributed by atoms with E-state index in [2.05, 4.69) is 21.2 Å². The molecule has 2 aromatic carbocycles. The van der Waals surface area contributed by atoms with Crippen molar-refractivity contribution in [2.24, 2.45) is 0 Å². The minimum atomic E-state index is -2.92. The monoisotopic (exact) mass is 341 g/mol. The van der Waals surface area contributed by atoms with Crippen molar-refractivity contribution < 1.29 is 8.42 Å². The van der Waals surface area contributed by atoms with Gasteiger partial charge in [0.1, 0.15) is 0 Å². The predicted octanol–water partition coefficient (Wildman–Crippen LogP) is 3.45. The van der Waals surface area contributed by atoms with Crippen LogP contribution >= 0.6 is 15.9 Å². The third kappa shape index (κ3) is 3.48. The molecular formula is C14H16BrNO2S. The number of nitrogens with one attached hydrogen (secondary N) is 1. The first-order valence-electron chi connectivity index (χ1n) is 6.15. The molecule has 0 saturated carbocycles. The molecule has 2 rings (SSSR count). The summed E-state index contributed by atoms with van der Waals surface area (Å²) in [7, 11) is -2.92. The van der Waals surface area contributed by atoms with E-state index in [9.17, 15) is 8.42 Å². The summed E-state index contributed by atoms with van der Waals surface area (Å²) >= 11 is 3.52. The second-order valence-corrected chi connectivity index (χ2v) is 7.63. The summed E-state index contributed by atoms with van der Waals surface area (Å²) in [5.74, 6) is 0.351. The van der Waals surface area contributed by atoms with Gasteiger partial charge in [-0.2, -0.15) is 0 Å². The van der Waals surface area contributed by atoms with E-state index in [-0.39, 0.29) is 11.5 Å². The predicted molar refractivity (Wildman–Crippen MR) is 84.5 cm³/mol. The molecular weight excluding hydrogens is 326 g/mol. The molecule has 0 heterocycles. The molecule has 5 heteroatoms. The molecule has 0 aliphatic carbocycles. The first-order chi connectivity index (χ1) is 9.03. The fraction of sp³-hybridized carbons (Fsp3) is 0.286. The van der Waals surface area contributed by atoms with Crippen molar-refractivity contribution >= 4 is 42.2 Å². The fourth-order valence-electron chi connectivity index (χ4n) is 1.90. The van der Waals surface area contributed by atoms with Crippen molar-refractivity contribution in [3.05, 3.63) is 40.9 Å². The number of rotatable bonds is 5. The number of anilines is 1. The zero-order valence-electron chi connectivity index (χ0n) is 10.7. The van der Waals surface area contributed by atoms with Gasteiger partial charge in [-0.3, -0.25) is 0 Å². The Hall–Kier alpha value is -1.07. The summed E-state index contributed by atoms with van der Waals surface area (Å²) in [5, 5.41) is 5.41. The Labute approximate surface area is 122 Å². The number of sulfone groups is 1. The summed E-state index contributed by atoms with van der Waals surface area (Å²) in [5.41, 5.74) is 0.963. The number of hydrogen-bond donors (Lipinski definition) is 1. The molecule has 0 aliphatic rings. The fourth-order valence-corrected chi connectivity index (χ4v) is 3.08. The van der Waals surface area contributed by atoms with Gasteiger partial charge in [0.25, 0.3) is 0 Å². The Morgan fingerprint density at radius 3 is 2.47 bits per heavy atom. The molecule has 0 fully saturated rings. The molecule has 0 spiro atoms. The normalized spacial score (nSPS) is 11.7. The molecule has 0 bridgehead atoms. The summed E-state index contributed by atoms with van der Waals surface area (Å²) in [6.45, 7) is 2.10. The van der Waals surface area contributed by atoms with Crippen LogP contribution in [0, 0.1) is 0 Å². The van der Waals surface area contributed by atoms with Crippen LogP contribution in [0.5, 0.6) is 0 Å². The molecule has 3 nitrogen and oxygen atoms in total. The van der Waals surface area contributed by atoms with Crippen LogP contribution in [0.15, 0.2) is 40.9 Å². The lowest BCUT2D eigenvalue weighted by Gasteiger charge is -2.10. The molecule has 1 N–H and O–H groups in total. The summed E-state index contributed by atoms with van der Waals surface area (Å²) < 4.78 is 24.0. The van der Waals surface area contributed by atoms with Crippen LogP contribution in [0.1, 0.15) is 6.92 Å². The number of hydrogen-bond acceptors (Lipinski definition) is 3. The average molecular weight is 342 g/mol. The van der Waals surface area contributed by atoms with Crippen molar-refractivity contribution in [3.8, 4) is 0 Å². The van der Waals surface area contributed by atoms with Crippen LogP contribution in [-0.4, -0.2) is 26.5 Å². The highest BCUT2D eigenvalue weighted by molar-refractivity contribution is 9.10. The highest BCUT2D eigenvalue weighted by atomic mass is 79.9. The number of halogens is 1. The first-order valence-corrected chi connectivity index (χ1v) is 8.76. The van der Waals surface area contributed by atoms with E-state index in [1.54, 1.807) is 6.92 Å². The quantitative estimate of drug-likeness (QED) is 0.905. The minimum absolute atomic E-state index is 0.161. The van der Waals surface area contributed by atoms with Gasteiger partial charge in [0.05, 0.1) is 5.75 Å². The van der Waals surface area contributed by atoms with Crippen LogP contribution in [0.4, 0.5) is 5.69 Å². The van der Waals surface area contributed by atoms with Gasteiger partial charge in [0, 0.05) is 27.8 Å². The molecule has 0 unspecified atom stereocenters. The molecule has 102 valence electrons. The van der Waals surface area contributed by atoms with Crippen LogP contribution in [0.25, 0.3) is 10.8 Å². The van der Waals surface area contributed by atoms with Gasteiger partial charge in [-0.15, -0.1) is 0 Å². The van der Waals surface area contributed by atoms with Crippen LogP contribution < -0.4 is 5.32 Å². The van der Waals surface area contributed by atoms with Gasteiger partial charge in [-0.1, -0.05) is 47.1 Å². The lowest BCUT2D eigenvalue weighted by atomic mass is 10.1. The standard InChI is InChI=1S/C14H16BrNO2S/c1-2-19(17,18)10-9-16-14-8-7-13(15)11-5-3-4-6-12(11)14/h3-8,16H,2,9-10H2,1H3. The lowest BCUT2D eigenvalue weighted by molar-refractivity contribution is 0.597. The topological polar surface area (TPSA) is 46.2 Å². The van der Waals surface area contributed by atoms with Gasteiger partial charge >= 0.3 is 0 Å². The van der Waals surface area contributed by atoms with Crippen LogP contribution in [0.3, 0.4) is 0 Å². The van der Waals surface area contributed by atoms with Gasteiger partial charge in [-0.25, -0.2) is 8.42 Å². The van der Waals surface area contributed by atoms with Gasteiger partial charge in [0.2, 0.25) is 0 Å². The maximum atomic E-state index is 11.5. The first kappa shape index (κ1) is 14.3. The highest BCUT2D eigenvalue weighted by Crippen LogP contribution is 2.29. The summed E-state index contributed by atoms with van der Waals surface area (Å²) in [6.07, 6.45) is 0. The van der Waals surface area contributed by atoms with E-state index in [0.29, 0.717) is 6.54 Å². The molecule has 0 amide bonds. The minimum Gasteiger partial charge on any atom is -0.384 e. The third-order valence-corrected chi connectivity index (χ3v) is 5.44. The molecule has 0 radical (unpaired) electrons. The van der Waals surface area contributed by atoms with E-state index in [4.69, 9.17) is 0 Å². The van der Waals surface area contributed by atoms with Crippen molar-refractivity contribution in [1.82, 2.24) is 0 Å².